The van der Waals surface area contributed by atoms with Crippen LogP contribution in [0.5, 0.6) is 0 Å². The number of nitrogens with one attached hydrogen (secondary N) is 1. The molecule has 0 radical (unpaired) electrons. The highest BCUT2D eigenvalue weighted by atomic mass is 32.2. The van der Waals surface area contributed by atoms with Crippen molar-refractivity contribution in [2.75, 3.05) is 12.3 Å². The number of aliphatic hydroxyl groups excluding tert-OH is 1. The van der Waals surface area contributed by atoms with E-state index in [-0.39, 0.29) is 11.5 Å². The summed E-state index contributed by atoms with van der Waals surface area (Å²) < 4.78 is 26.9. The molecule has 0 heterocycles. The van der Waals surface area contributed by atoms with Gasteiger partial charge < -0.3 is 10.8 Å². The minimum Gasteiger partial charge on any atom is -0.399 e. The molecule has 0 aliphatic heterocycles. The first-order chi connectivity index (χ1) is 8.74. The number of rotatable bonds is 6. The number of nitrogens with two attached hydrogens (primary N) is 1. The largest absolute Gasteiger partial charge is 0.399 e. The summed E-state index contributed by atoms with van der Waals surface area (Å²) in [5.74, 6) is 0.294. The average Bonchev–Trinajstić information content (AvgIpc) is 2.25. The third kappa shape index (κ3) is 4.81. The van der Waals surface area contributed by atoms with E-state index in [2.05, 4.69) is 4.72 Å². The molecule has 0 amide bonds. The van der Waals surface area contributed by atoms with E-state index in [0.29, 0.717) is 18.0 Å². The van der Waals surface area contributed by atoms with E-state index in [9.17, 15) is 13.5 Å². The molecule has 1 atom stereocenters. The molecule has 0 saturated heterocycles. The molecule has 108 valence electrons. The van der Waals surface area contributed by atoms with Gasteiger partial charge in [0.1, 0.15) is 0 Å². The molecule has 0 spiro atoms. The number of aliphatic hydroxyl groups is 1. The van der Waals surface area contributed by atoms with E-state index >= 15 is 0 Å². The fraction of sp³-hybridized carbons (Fsp3) is 0.538. The Hall–Kier alpha value is -1.11. The number of sulfonamides is 1. The van der Waals surface area contributed by atoms with E-state index in [1.807, 2.05) is 13.8 Å². The fourth-order valence-electron chi connectivity index (χ4n) is 1.95. The molecule has 4 N–H and O–H groups in total. The van der Waals surface area contributed by atoms with Crippen LogP contribution >= 0.6 is 0 Å². The molecule has 0 bridgehead atoms. The molecule has 0 aromatic heterocycles. The predicted octanol–water partition coefficient (Wildman–Crippen LogP) is 1.26. The van der Waals surface area contributed by atoms with E-state index in [4.69, 9.17) is 5.73 Å². The van der Waals surface area contributed by atoms with Crippen LogP contribution in [0, 0.1) is 12.8 Å². The maximum atomic E-state index is 12.2. The summed E-state index contributed by atoms with van der Waals surface area (Å²) in [7, 11) is -3.65. The standard InChI is InChI=1S/C13H22N2O3S/c1-9(2)4-12(8-16)15-19(17,18)13-6-10(3)5-11(14)7-13/h5-7,9,12,15-16H,4,8,14H2,1-3H3. The van der Waals surface area contributed by atoms with Gasteiger partial charge in [0.05, 0.1) is 11.5 Å². The van der Waals surface area contributed by atoms with Crippen molar-refractivity contribution < 1.29 is 13.5 Å². The molecule has 1 aromatic rings. The van der Waals surface area contributed by atoms with Crippen LogP contribution in [0.4, 0.5) is 5.69 Å². The second-order valence-electron chi connectivity index (χ2n) is 5.21. The zero-order valence-corrected chi connectivity index (χ0v) is 12.4. The van der Waals surface area contributed by atoms with Crippen molar-refractivity contribution in [2.24, 2.45) is 5.92 Å². The van der Waals surface area contributed by atoms with Gasteiger partial charge in [0.25, 0.3) is 0 Å². The Balaban J connectivity index is 2.96. The Bertz CT molecular complexity index is 506. The molecule has 19 heavy (non-hydrogen) atoms. The van der Waals surface area contributed by atoms with Gasteiger partial charge >= 0.3 is 0 Å². The molecular weight excluding hydrogens is 264 g/mol. The number of nitrogen functional groups attached to an aromatic ring is 1. The van der Waals surface area contributed by atoms with Crippen LogP contribution in [0.25, 0.3) is 0 Å². The number of hydrogen-bond acceptors (Lipinski definition) is 4. The first kappa shape index (κ1) is 15.9. The highest BCUT2D eigenvalue weighted by molar-refractivity contribution is 7.89. The lowest BCUT2D eigenvalue weighted by Crippen LogP contribution is -2.38. The predicted molar refractivity (Wildman–Crippen MR) is 76.2 cm³/mol. The number of hydrogen-bond donors (Lipinski definition) is 3. The summed E-state index contributed by atoms with van der Waals surface area (Å²) in [6, 6.07) is 4.20. The van der Waals surface area contributed by atoms with Gasteiger partial charge in [0.2, 0.25) is 10.0 Å². The SMILES string of the molecule is Cc1cc(N)cc(S(=O)(=O)NC(CO)CC(C)C)c1. The Morgan fingerprint density at radius 1 is 1.32 bits per heavy atom. The van der Waals surface area contributed by atoms with Crippen molar-refractivity contribution >= 4 is 15.7 Å². The van der Waals surface area contributed by atoms with Gasteiger partial charge in [0, 0.05) is 11.7 Å². The molecule has 1 aromatic carbocycles. The smallest absolute Gasteiger partial charge is 0.240 e. The van der Waals surface area contributed by atoms with Crippen LogP contribution in [0.1, 0.15) is 25.8 Å². The van der Waals surface area contributed by atoms with Crippen LogP contribution in [0.3, 0.4) is 0 Å². The van der Waals surface area contributed by atoms with E-state index < -0.39 is 16.1 Å². The Morgan fingerprint density at radius 3 is 2.42 bits per heavy atom. The van der Waals surface area contributed by atoms with Crippen molar-refractivity contribution in [3.63, 3.8) is 0 Å². The van der Waals surface area contributed by atoms with Gasteiger partial charge in [-0.25, -0.2) is 13.1 Å². The summed E-state index contributed by atoms with van der Waals surface area (Å²) in [5, 5.41) is 9.24. The highest BCUT2D eigenvalue weighted by Crippen LogP contribution is 2.17. The third-order valence-corrected chi connectivity index (χ3v) is 4.18. The van der Waals surface area contributed by atoms with E-state index in [1.165, 1.54) is 6.07 Å². The zero-order valence-electron chi connectivity index (χ0n) is 11.6. The summed E-state index contributed by atoms with van der Waals surface area (Å²) in [6.45, 7) is 5.51. The van der Waals surface area contributed by atoms with Crippen LogP contribution in [-0.2, 0) is 10.0 Å². The van der Waals surface area contributed by atoms with Crippen LogP contribution in [0.15, 0.2) is 23.1 Å². The zero-order chi connectivity index (χ0) is 14.6. The second-order valence-corrected chi connectivity index (χ2v) is 6.92. The van der Waals surface area contributed by atoms with E-state index in [0.717, 1.165) is 5.56 Å². The molecule has 1 unspecified atom stereocenters. The topological polar surface area (TPSA) is 92.4 Å². The van der Waals surface area contributed by atoms with E-state index in [1.54, 1.807) is 19.1 Å². The molecular formula is C13H22N2O3S. The molecule has 0 saturated carbocycles. The lowest BCUT2D eigenvalue weighted by Gasteiger charge is -2.18. The summed E-state index contributed by atoms with van der Waals surface area (Å²) in [6.07, 6.45) is 0.580. The maximum absolute atomic E-state index is 12.2. The van der Waals surface area contributed by atoms with Crippen molar-refractivity contribution in [1.82, 2.24) is 4.72 Å². The van der Waals surface area contributed by atoms with Crippen LogP contribution in [-0.4, -0.2) is 26.2 Å². The van der Waals surface area contributed by atoms with Crippen LogP contribution < -0.4 is 10.5 Å². The lowest BCUT2D eigenvalue weighted by molar-refractivity contribution is 0.240. The molecule has 0 aliphatic rings. The maximum Gasteiger partial charge on any atom is 0.240 e. The summed E-state index contributed by atoms with van der Waals surface area (Å²) >= 11 is 0. The Morgan fingerprint density at radius 2 is 1.95 bits per heavy atom. The fourth-order valence-corrected chi connectivity index (χ4v) is 3.33. The molecule has 1 rings (SSSR count). The third-order valence-electron chi connectivity index (χ3n) is 2.68. The minimum atomic E-state index is -3.65. The normalized spacial score (nSPS) is 13.7. The monoisotopic (exact) mass is 286 g/mol. The summed E-state index contributed by atoms with van der Waals surface area (Å²) in [4.78, 5) is 0.132. The van der Waals surface area contributed by atoms with Gasteiger partial charge in [-0.1, -0.05) is 13.8 Å². The van der Waals surface area contributed by atoms with Crippen molar-refractivity contribution in [1.29, 1.82) is 0 Å². The highest BCUT2D eigenvalue weighted by Gasteiger charge is 2.20. The van der Waals surface area contributed by atoms with Gasteiger partial charge in [-0.15, -0.1) is 0 Å². The van der Waals surface area contributed by atoms with Gasteiger partial charge in [0.15, 0.2) is 0 Å². The first-order valence-corrected chi connectivity index (χ1v) is 7.73. The number of benzene rings is 1. The van der Waals surface area contributed by atoms with Crippen molar-refractivity contribution in [3.8, 4) is 0 Å². The number of aryl methyl sites for hydroxylation is 1. The quantitative estimate of drug-likeness (QED) is 0.686. The average molecular weight is 286 g/mol. The first-order valence-electron chi connectivity index (χ1n) is 6.25. The number of anilines is 1. The van der Waals surface area contributed by atoms with Crippen molar-refractivity contribution in [2.45, 2.75) is 38.1 Å². The Kier molecular flexibility index (Phi) is 5.34. The Labute approximate surface area is 114 Å². The van der Waals surface area contributed by atoms with Crippen LogP contribution in [0.2, 0.25) is 0 Å². The second kappa shape index (κ2) is 6.36. The van der Waals surface area contributed by atoms with Crippen molar-refractivity contribution in [3.05, 3.63) is 23.8 Å². The molecule has 0 aliphatic carbocycles. The van der Waals surface area contributed by atoms with Gasteiger partial charge in [-0.2, -0.15) is 0 Å². The summed E-state index contributed by atoms with van der Waals surface area (Å²) in [5.41, 5.74) is 6.85. The lowest BCUT2D eigenvalue weighted by atomic mass is 10.1. The minimum absolute atomic E-state index is 0.132. The molecule has 0 fully saturated rings. The molecule has 6 heteroatoms. The van der Waals surface area contributed by atoms with Gasteiger partial charge in [-0.05, 0) is 43.0 Å². The van der Waals surface area contributed by atoms with Gasteiger partial charge in [-0.3, -0.25) is 0 Å². The molecule has 5 nitrogen and oxygen atoms in total.